The summed E-state index contributed by atoms with van der Waals surface area (Å²) in [7, 11) is 0. The van der Waals surface area contributed by atoms with Gasteiger partial charge in [-0.2, -0.15) is 5.10 Å². The van der Waals surface area contributed by atoms with Crippen LogP contribution in [0.4, 0.5) is 0 Å². The monoisotopic (exact) mass is 344 g/mol. The van der Waals surface area contributed by atoms with Crippen molar-refractivity contribution in [3.63, 3.8) is 0 Å². The molecule has 1 aliphatic carbocycles. The molecule has 1 N–H and O–H groups in total. The summed E-state index contributed by atoms with van der Waals surface area (Å²) in [5.74, 6) is 1.69. The lowest BCUT2D eigenvalue weighted by molar-refractivity contribution is -0.138. The number of nitrogens with zero attached hydrogens (tertiary/aromatic N) is 3. The van der Waals surface area contributed by atoms with E-state index in [4.69, 9.17) is 0 Å². The van der Waals surface area contributed by atoms with Crippen molar-refractivity contribution in [1.82, 2.24) is 20.0 Å². The van der Waals surface area contributed by atoms with Gasteiger partial charge < -0.3 is 9.80 Å². The summed E-state index contributed by atoms with van der Waals surface area (Å²) in [5, 5.41) is 7.20. The normalized spacial score (nSPS) is 23.1. The summed E-state index contributed by atoms with van der Waals surface area (Å²) < 4.78 is 0. The number of carbonyl (C=O) groups excluding carboxylic acids is 2. The van der Waals surface area contributed by atoms with Crippen LogP contribution in [0.3, 0.4) is 0 Å². The fourth-order valence-electron chi connectivity index (χ4n) is 4.03. The summed E-state index contributed by atoms with van der Waals surface area (Å²) >= 11 is 0. The number of amides is 2. The highest BCUT2D eigenvalue weighted by molar-refractivity contribution is 5.92. The van der Waals surface area contributed by atoms with E-state index in [-0.39, 0.29) is 11.8 Å². The molecule has 0 atom stereocenters. The number of H-pyrrole nitrogens is 1. The molecule has 0 aromatic carbocycles. The molecule has 6 heteroatoms. The molecule has 0 spiro atoms. The van der Waals surface area contributed by atoms with Gasteiger partial charge in [0.1, 0.15) is 5.69 Å². The standard InChI is InChI=1S/C19H28N4O2/c1-13-4-8-22(9-5-13)18(24)15-6-10-23(11-7-15)19(25)17-12-16(20-21-17)14-2-3-14/h12-15H,2-11H2,1H3,(H,20,21). The number of aromatic nitrogens is 2. The Balaban J connectivity index is 1.30. The van der Waals surface area contributed by atoms with Crippen molar-refractivity contribution in [3.05, 3.63) is 17.5 Å². The Morgan fingerprint density at radius 2 is 1.64 bits per heavy atom. The van der Waals surface area contributed by atoms with Crippen molar-refractivity contribution in [1.29, 1.82) is 0 Å². The van der Waals surface area contributed by atoms with E-state index in [0.717, 1.165) is 50.4 Å². The Morgan fingerprint density at radius 3 is 2.28 bits per heavy atom. The van der Waals surface area contributed by atoms with E-state index in [2.05, 4.69) is 17.1 Å². The number of aromatic amines is 1. The molecule has 1 aromatic rings. The fourth-order valence-corrected chi connectivity index (χ4v) is 4.03. The van der Waals surface area contributed by atoms with E-state index in [1.54, 1.807) is 0 Å². The number of piperidine rings is 2. The van der Waals surface area contributed by atoms with Crippen LogP contribution in [0.5, 0.6) is 0 Å². The Hall–Kier alpha value is -1.85. The van der Waals surface area contributed by atoms with Gasteiger partial charge in [-0.25, -0.2) is 0 Å². The molecule has 3 heterocycles. The first-order chi connectivity index (χ1) is 12.1. The van der Waals surface area contributed by atoms with Gasteiger partial charge in [0.05, 0.1) is 0 Å². The van der Waals surface area contributed by atoms with Crippen molar-refractivity contribution >= 4 is 11.8 Å². The molecule has 2 aliphatic heterocycles. The Kier molecular flexibility index (Phi) is 4.52. The Morgan fingerprint density at radius 1 is 1.00 bits per heavy atom. The second-order valence-electron chi connectivity index (χ2n) is 8.06. The second-order valence-corrected chi connectivity index (χ2v) is 8.06. The average Bonchev–Trinajstić information content (AvgIpc) is 3.38. The zero-order chi connectivity index (χ0) is 17.4. The largest absolute Gasteiger partial charge is 0.342 e. The SMILES string of the molecule is CC1CCN(C(=O)C2CCN(C(=O)c3cc(C4CC4)[nH]n3)CC2)CC1. The van der Waals surface area contributed by atoms with E-state index in [0.29, 0.717) is 30.6 Å². The number of hydrogen-bond acceptors (Lipinski definition) is 3. The van der Waals surface area contributed by atoms with Crippen molar-refractivity contribution in [2.24, 2.45) is 11.8 Å². The molecule has 0 bridgehead atoms. The topological polar surface area (TPSA) is 69.3 Å². The quantitative estimate of drug-likeness (QED) is 0.915. The van der Waals surface area contributed by atoms with Crippen molar-refractivity contribution in [3.8, 4) is 0 Å². The highest BCUT2D eigenvalue weighted by Crippen LogP contribution is 2.39. The van der Waals surface area contributed by atoms with E-state index < -0.39 is 0 Å². The number of hydrogen-bond donors (Lipinski definition) is 1. The second kappa shape index (κ2) is 6.81. The minimum absolute atomic E-state index is 0.000784. The van der Waals surface area contributed by atoms with Crippen LogP contribution in [0.25, 0.3) is 0 Å². The fraction of sp³-hybridized carbons (Fsp3) is 0.737. The van der Waals surface area contributed by atoms with Crippen LogP contribution in [-0.2, 0) is 4.79 Å². The number of likely N-dealkylation sites (tertiary alicyclic amines) is 2. The van der Waals surface area contributed by atoms with Gasteiger partial charge in [0.15, 0.2) is 0 Å². The zero-order valence-corrected chi connectivity index (χ0v) is 15.0. The van der Waals surface area contributed by atoms with Crippen molar-refractivity contribution in [2.45, 2.75) is 51.4 Å². The first-order valence-corrected chi connectivity index (χ1v) is 9.75. The predicted octanol–water partition coefficient (Wildman–Crippen LogP) is 2.40. The molecular formula is C19H28N4O2. The smallest absolute Gasteiger partial charge is 0.274 e. The minimum Gasteiger partial charge on any atom is -0.342 e. The molecule has 2 saturated heterocycles. The predicted molar refractivity (Wildman–Crippen MR) is 94.2 cm³/mol. The summed E-state index contributed by atoms with van der Waals surface area (Å²) in [6.07, 6.45) is 6.17. The molecule has 1 aromatic heterocycles. The van der Waals surface area contributed by atoms with Crippen LogP contribution >= 0.6 is 0 Å². The van der Waals surface area contributed by atoms with Crippen LogP contribution in [0, 0.1) is 11.8 Å². The van der Waals surface area contributed by atoms with Crippen molar-refractivity contribution in [2.75, 3.05) is 26.2 Å². The lowest BCUT2D eigenvalue weighted by Gasteiger charge is -2.36. The lowest BCUT2D eigenvalue weighted by Crippen LogP contribution is -2.46. The molecule has 136 valence electrons. The summed E-state index contributed by atoms with van der Waals surface area (Å²) in [6, 6.07) is 1.91. The highest BCUT2D eigenvalue weighted by Gasteiger charge is 2.33. The summed E-state index contributed by atoms with van der Waals surface area (Å²) in [5.41, 5.74) is 1.62. The first-order valence-electron chi connectivity index (χ1n) is 9.75. The molecule has 2 amide bonds. The summed E-state index contributed by atoms with van der Waals surface area (Å²) in [4.78, 5) is 29.2. The Labute approximate surface area is 148 Å². The van der Waals surface area contributed by atoms with Crippen LogP contribution in [0.2, 0.25) is 0 Å². The van der Waals surface area contributed by atoms with Gasteiger partial charge in [0.25, 0.3) is 5.91 Å². The van der Waals surface area contributed by atoms with E-state index >= 15 is 0 Å². The number of nitrogens with one attached hydrogen (secondary N) is 1. The van der Waals surface area contributed by atoms with E-state index in [9.17, 15) is 9.59 Å². The molecule has 25 heavy (non-hydrogen) atoms. The molecule has 0 unspecified atom stereocenters. The molecular weight excluding hydrogens is 316 g/mol. The van der Waals surface area contributed by atoms with Gasteiger partial charge in [-0.15, -0.1) is 0 Å². The third-order valence-electron chi connectivity index (χ3n) is 6.06. The minimum atomic E-state index is 0.000784. The number of rotatable bonds is 3. The first kappa shape index (κ1) is 16.6. The van der Waals surface area contributed by atoms with Crippen LogP contribution < -0.4 is 0 Å². The third kappa shape index (κ3) is 3.58. The maximum atomic E-state index is 12.7. The molecule has 3 aliphatic rings. The zero-order valence-electron chi connectivity index (χ0n) is 15.0. The number of carbonyl (C=O) groups is 2. The molecule has 6 nitrogen and oxygen atoms in total. The Bertz CT molecular complexity index is 636. The van der Waals surface area contributed by atoms with Gasteiger partial charge in [-0.05, 0) is 50.5 Å². The molecule has 4 rings (SSSR count). The molecule has 1 saturated carbocycles. The van der Waals surface area contributed by atoms with Gasteiger partial charge in [0.2, 0.25) is 5.91 Å². The molecule has 0 radical (unpaired) electrons. The average molecular weight is 344 g/mol. The molecule has 3 fully saturated rings. The maximum absolute atomic E-state index is 12.7. The van der Waals surface area contributed by atoms with Gasteiger partial charge in [-0.3, -0.25) is 14.7 Å². The maximum Gasteiger partial charge on any atom is 0.274 e. The van der Waals surface area contributed by atoms with E-state index in [1.807, 2.05) is 15.9 Å². The van der Waals surface area contributed by atoms with Crippen LogP contribution in [0.1, 0.15) is 67.5 Å². The van der Waals surface area contributed by atoms with Gasteiger partial charge >= 0.3 is 0 Å². The van der Waals surface area contributed by atoms with Crippen LogP contribution in [-0.4, -0.2) is 58.0 Å². The van der Waals surface area contributed by atoms with Gasteiger partial charge in [0, 0.05) is 43.7 Å². The van der Waals surface area contributed by atoms with Gasteiger partial charge in [-0.1, -0.05) is 6.92 Å². The highest BCUT2D eigenvalue weighted by atomic mass is 16.2. The lowest BCUT2D eigenvalue weighted by atomic mass is 9.92. The van der Waals surface area contributed by atoms with Crippen LogP contribution in [0.15, 0.2) is 6.07 Å². The summed E-state index contributed by atoms with van der Waals surface area (Å²) in [6.45, 7) is 5.37. The van der Waals surface area contributed by atoms with Crippen molar-refractivity contribution < 1.29 is 9.59 Å². The van der Waals surface area contributed by atoms with E-state index in [1.165, 1.54) is 12.8 Å². The third-order valence-corrected chi connectivity index (χ3v) is 6.06.